The maximum absolute atomic E-state index is 13.6. The molecule has 284 valence electrons. The van der Waals surface area contributed by atoms with Gasteiger partial charge in [-0.25, -0.2) is 4.39 Å². The van der Waals surface area contributed by atoms with Crippen LogP contribution in [0.1, 0.15) is 67.5 Å². The van der Waals surface area contributed by atoms with Crippen LogP contribution in [0.5, 0.6) is 0 Å². The molecule has 1 fully saturated rings. The van der Waals surface area contributed by atoms with Crippen molar-refractivity contribution in [2.75, 3.05) is 50.7 Å². The predicted octanol–water partition coefficient (Wildman–Crippen LogP) is 3.96. The highest BCUT2D eigenvalue weighted by Gasteiger charge is 2.45. The molecule has 6 amide bonds. The quantitative estimate of drug-likeness (QED) is 0.112. The molecular weight excluding hydrogens is 711 g/mol. The van der Waals surface area contributed by atoms with E-state index < -0.39 is 35.7 Å². The number of imide groups is 2. The van der Waals surface area contributed by atoms with E-state index in [1.54, 1.807) is 78.9 Å². The van der Waals surface area contributed by atoms with Gasteiger partial charge in [0, 0.05) is 49.3 Å². The van der Waals surface area contributed by atoms with Crippen molar-refractivity contribution in [2.45, 2.75) is 31.3 Å². The van der Waals surface area contributed by atoms with Gasteiger partial charge in [0.05, 0.1) is 50.0 Å². The Morgan fingerprint density at radius 1 is 0.909 bits per heavy atom. The summed E-state index contributed by atoms with van der Waals surface area (Å²) in [6.45, 7) is 1.23. The highest BCUT2D eigenvalue weighted by molar-refractivity contribution is 6.25. The molecule has 6 rings (SSSR count). The normalized spacial score (nSPS) is 15.7. The number of nitrogens with one attached hydrogen (secondary N) is 3. The molecule has 3 aromatic carbocycles. The van der Waals surface area contributed by atoms with E-state index in [-0.39, 0.29) is 74.4 Å². The number of benzene rings is 3. The van der Waals surface area contributed by atoms with Crippen LogP contribution < -0.4 is 16.0 Å². The van der Waals surface area contributed by atoms with Crippen molar-refractivity contribution in [1.82, 2.24) is 20.1 Å². The van der Waals surface area contributed by atoms with E-state index in [1.807, 2.05) is 6.07 Å². The monoisotopic (exact) mass is 750 g/mol. The number of halogens is 1. The topological polar surface area (TPSA) is 176 Å². The number of ether oxygens (including phenoxy) is 2. The van der Waals surface area contributed by atoms with E-state index in [0.717, 1.165) is 16.0 Å². The summed E-state index contributed by atoms with van der Waals surface area (Å²) in [5.74, 6) is -3.19. The van der Waals surface area contributed by atoms with Crippen LogP contribution in [0, 0.1) is 5.82 Å². The Bertz CT molecular complexity index is 2060. The first-order valence-electron chi connectivity index (χ1n) is 17.7. The second-order valence-electron chi connectivity index (χ2n) is 12.9. The van der Waals surface area contributed by atoms with Gasteiger partial charge in [0.2, 0.25) is 17.7 Å². The summed E-state index contributed by atoms with van der Waals surface area (Å²) in [6, 6.07) is 19.4. The van der Waals surface area contributed by atoms with Crippen molar-refractivity contribution >= 4 is 46.8 Å². The molecule has 1 saturated heterocycles. The number of nitrogens with zero attached hydrogens (tertiary/aromatic N) is 3. The van der Waals surface area contributed by atoms with Crippen molar-refractivity contribution < 1.29 is 42.6 Å². The molecule has 4 aromatic rings. The van der Waals surface area contributed by atoms with Crippen LogP contribution in [0.15, 0.2) is 91.3 Å². The van der Waals surface area contributed by atoms with Gasteiger partial charge in [0.15, 0.2) is 0 Å². The average molecular weight is 751 g/mol. The molecule has 14 nitrogen and oxygen atoms in total. The molecule has 2 unspecified atom stereocenters. The second-order valence-corrected chi connectivity index (χ2v) is 12.9. The van der Waals surface area contributed by atoms with Crippen molar-refractivity contribution in [3.05, 3.63) is 125 Å². The fraction of sp³-hybridized carbons (Fsp3) is 0.275. The van der Waals surface area contributed by atoms with Crippen LogP contribution in [-0.4, -0.2) is 96.3 Å². The zero-order valence-electron chi connectivity index (χ0n) is 30.0. The smallest absolute Gasteiger partial charge is 0.264 e. The molecule has 55 heavy (non-hydrogen) atoms. The van der Waals surface area contributed by atoms with Crippen LogP contribution in [0.25, 0.3) is 0 Å². The van der Waals surface area contributed by atoms with Crippen LogP contribution in [0.4, 0.5) is 15.8 Å². The number of rotatable bonds is 16. The van der Waals surface area contributed by atoms with Crippen molar-refractivity contribution in [1.29, 1.82) is 0 Å². The van der Waals surface area contributed by atoms with E-state index in [1.165, 1.54) is 18.2 Å². The minimum Gasteiger partial charge on any atom is -0.382 e. The Hall–Kier alpha value is -6.32. The third-order valence-corrected chi connectivity index (χ3v) is 9.18. The highest BCUT2D eigenvalue weighted by atomic mass is 19.1. The fourth-order valence-electron chi connectivity index (χ4n) is 6.47. The SMILES string of the molecule is CN(C(=O)c1ccc(NC(=O)CCOCCOCCNc2cccc3c2C(=O)N(C2CCC(=O)NC2=O)C3=O)cc1)C(c1ccc(F)cc1)c1cccnc1. The molecule has 2 atom stereocenters. The number of fused-ring (bicyclic) bond motifs is 1. The Morgan fingerprint density at radius 3 is 2.36 bits per heavy atom. The minimum atomic E-state index is -1.04. The number of anilines is 2. The third-order valence-electron chi connectivity index (χ3n) is 9.18. The lowest BCUT2D eigenvalue weighted by Gasteiger charge is -2.29. The van der Waals surface area contributed by atoms with Gasteiger partial charge in [-0.1, -0.05) is 24.3 Å². The van der Waals surface area contributed by atoms with Gasteiger partial charge in [-0.2, -0.15) is 0 Å². The van der Waals surface area contributed by atoms with Crippen molar-refractivity contribution in [3.63, 3.8) is 0 Å². The summed E-state index contributed by atoms with van der Waals surface area (Å²) in [5.41, 5.74) is 3.21. The Labute approximate surface area is 316 Å². The van der Waals surface area contributed by atoms with Crippen LogP contribution in [0.3, 0.4) is 0 Å². The van der Waals surface area contributed by atoms with Crippen molar-refractivity contribution in [2.24, 2.45) is 0 Å². The van der Waals surface area contributed by atoms with Crippen LogP contribution in [-0.2, 0) is 23.9 Å². The molecule has 1 aromatic heterocycles. The van der Waals surface area contributed by atoms with Gasteiger partial charge in [0.25, 0.3) is 17.7 Å². The number of pyridine rings is 1. The summed E-state index contributed by atoms with van der Waals surface area (Å²) >= 11 is 0. The molecule has 2 aliphatic rings. The van der Waals surface area contributed by atoms with Crippen LogP contribution in [0.2, 0.25) is 0 Å². The summed E-state index contributed by atoms with van der Waals surface area (Å²) in [6.07, 6.45) is 3.52. The van der Waals surface area contributed by atoms with E-state index in [0.29, 0.717) is 23.5 Å². The summed E-state index contributed by atoms with van der Waals surface area (Å²) < 4.78 is 24.8. The van der Waals surface area contributed by atoms with Gasteiger partial charge < -0.3 is 25.0 Å². The number of amides is 6. The van der Waals surface area contributed by atoms with Gasteiger partial charge in [-0.3, -0.25) is 44.0 Å². The standard InChI is InChI=1S/C40H39FN6O8/c1-46(36(27-4-3-18-42-24-27)25-7-11-28(41)12-8-25)38(51)26-9-13-29(14-10-26)44-34(49)17-20-54-22-23-55-21-19-43-31-6-2-5-30-35(31)40(53)47(39(30)52)32-15-16-33(48)45-37(32)50/h2-14,18,24,32,36,43H,15-17,19-23H2,1H3,(H,44,49)(H,45,48,50). The summed E-state index contributed by atoms with van der Waals surface area (Å²) in [5, 5.41) is 8.08. The maximum atomic E-state index is 13.6. The lowest BCUT2D eigenvalue weighted by atomic mass is 9.98. The zero-order chi connectivity index (χ0) is 38.9. The average Bonchev–Trinajstić information content (AvgIpc) is 3.44. The number of hydrogen-bond acceptors (Lipinski definition) is 10. The van der Waals surface area contributed by atoms with E-state index >= 15 is 0 Å². The molecule has 0 bridgehead atoms. The first kappa shape index (κ1) is 38.4. The van der Waals surface area contributed by atoms with E-state index in [9.17, 15) is 33.2 Å². The molecule has 3 N–H and O–H groups in total. The van der Waals surface area contributed by atoms with Gasteiger partial charge in [0.1, 0.15) is 11.9 Å². The molecule has 2 aliphatic heterocycles. The molecule has 0 aliphatic carbocycles. The number of aromatic nitrogens is 1. The van der Waals surface area contributed by atoms with Gasteiger partial charge in [-0.05, 0) is 72.1 Å². The minimum absolute atomic E-state index is 0.0407. The van der Waals surface area contributed by atoms with E-state index in [4.69, 9.17) is 9.47 Å². The summed E-state index contributed by atoms with van der Waals surface area (Å²) in [7, 11) is 1.67. The molecule has 0 radical (unpaired) electrons. The van der Waals surface area contributed by atoms with Crippen LogP contribution >= 0.6 is 0 Å². The van der Waals surface area contributed by atoms with Gasteiger partial charge >= 0.3 is 0 Å². The molecule has 3 heterocycles. The first-order valence-corrected chi connectivity index (χ1v) is 17.7. The number of piperidine rings is 1. The number of carbonyl (C=O) groups is 6. The predicted molar refractivity (Wildman–Crippen MR) is 198 cm³/mol. The fourth-order valence-corrected chi connectivity index (χ4v) is 6.47. The second kappa shape index (κ2) is 17.7. The zero-order valence-corrected chi connectivity index (χ0v) is 30.0. The summed E-state index contributed by atoms with van der Waals surface area (Å²) in [4.78, 5) is 82.8. The third kappa shape index (κ3) is 9.08. The maximum Gasteiger partial charge on any atom is 0.264 e. The lowest BCUT2D eigenvalue weighted by molar-refractivity contribution is -0.136. The molecule has 0 saturated carbocycles. The molecule has 0 spiro atoms. The number of hydrogen-bond donors (Lipinski definition) is 3. The van der Waals surface area contributed by atoms with Crippen molar-refractivity contribution in [3.8, 4) is 0 Å². The molecule has 15 heteroatoms. The number of carbonyl (C=O) groups excluding carboxylic acids is 6. The van der Waals surface area contributed by atoms with E-state index in [2.05, 4.69) is 20.9 Å². The largest absolute Gasteiger partial charge is 0.382 e. The molecular formula is C40H39FN6O8. The van der Waals surface area contributed by atoms with Gasteiger partial charge in [-0.15, -0.1) is 0 Å². The Kier molecular flexibility index (Phi) is 12.3. The highest BCUT2D eigenvalue weighted by Crippen LogP contribution is 2.32. The Morgan fingerprint density at radius 2 is 1.65 bits per heavy atom. The Balaban J connectivity index is 0.891. The first-order chi connectivity index (χ1) is 26.6. The lowest BCUT2D eigenvalue weighted by Crippen LogP contribution is -2.54.